The molecule has 1 saturated carbocycles. The quantitative estimate of drug-likeness (QED) is 0.320. The smallest absolute Gasteiger partial charge is 0.0868 e. The summed E-state index contributed by atoms with van der Waals surface area (Å²) in [5.74, 6) is 1.58. The average Bonchev–Trinajstić information content (AvgIpc) is 3.00. The summed E-state index contributed by atoms with van der Waals surface area (Å²) in [6.07, 6.45) is 7.78. The zero-order valence-electron chi connectivity index (χ0n) is 12.9. The Hall–Kier alpha value is 0.140. The molecule has 0 saturated heterocycles. The lowest BCUT2D eigenvalue weighted by Crippen LogP contribution is -1.97. The monoisotopic (exact) mass is 416 g/mol. The van der Waals surface area contributed by atoms with Crippen LogP contribution in [0, 0.1) is 11.8 Å². The minimum absolute atomic E-state index is 0.215. The van der Waals surface area contributed by atoms with Crippen LogP contribution in [0.2, 0.25) is 0 Å². The zero-order valence-corrected chi connectivity index (χ0v) is 16.0. The van der Waals surface area contributed by atoms with E-state index in [1.165, 1.54) is 37.7 Å². The molecule has 1 fully saturated rings. The maximum Gasteiger partial charge on any atom is 0.0868 e. The van der Waals surface area contributed by atoms with Gasteiger partial charge in [0.25, 0.3) is 0 Å². The van der Waals surface area contributed by atoms with Gasteiger partial charge in [-0.25, -0.2) is 0 Å². The summed E-state index contributed by atoms with van der Waals surface area (Å²) >= 11 is 7.71. The van der Waals surface area contributed by atoms with Gasteiger partial charge in [-0.2, -0.15) is 0 Å². The highest BCUT2D eigenvalue weighted by molar-refractivity contribution is 9.25. The Morgan fingerprint density at radius 1 is 1.00 bits per heavy atom. The van der Waals surface area contributed by atoms with Gasteiger partial charge in [0.05, 0.1) is 9.84 Å². The van der Waals surface area contributed by atoms with E-state index in [0.717, 1.165) is 31.5 Å². The number of unbranched alkanes of at least 4 members (excludes halogenated alkanes) is 2. The van der Waals surface area contributed by atoms with Crippen LogP contribution in [0.25, 0.3) is 0 Å². The molecule has 0 radical (unpaired) electrons. The predicted molar refractivity (Wildman–Crippen MR) is 97.0 cm³/mol. The van der Waals surface area contributed by atoms with Crippen LogP contribution in [-0.2, 0) is 11.3 Å². The minimum atomic E-state index is 0.215. The van der Waals surface area contributed by atoms with E-state index in [4.69, 9.17) is 4.74 Å². The molecule has 1 aromatic carbocycles. The minimum Gasteiger partial charge on any atom is -0.377 e. The van der Waals surface area contributed by atoms with Crippen LogP contribution in [0.5, 0.6) is 0 Å². The fourth-order valence-corrected chi connectivity index (χ4v) is 4.96. The Balaban J connectivity index is 1.56. The molecule has 0 bridgehead atoms. The van der Waals surface area contributed by atoms with E-state index >= 15 is 0 Å². The summed E-state index contributed by atoms with van der Waals surface area (Å²) < 4.78 is 5.98. The van der Waals surface area contributed by atoms with E-state index in [1.54, 1.807) is 0 Å². The van der Waals surface area contributed by atoms with Crippen molar-refractivity contribution < 1.29 is 4.74 Å². The van der Waals surface area contributed by atoms with Crippen LogP contribution < -0.4 is 0 Å². The molecule has 0 N–H and O–H groups in total. The fourth-order valence-electron chi connectivity index (χ4n) is 3.03. The van der Waals surface area contributed by atoms with E-state index in [2.05, 4.69) is 63.0 Å². The Bertz CT molecular complexity index is 405. The Morgan fingerprint density at radius 2 is 1.67 bits per heavy atom. The number of hydrogen-bond acceptors (Lipinski definition) is 1. The second-order valence-corrected chi connectivity index (χ2v) is 9.75. The summed E-state index contributed by atoms with van der Waals surface area (Å²) in [5.41, 5.74) is 1.26. The summed E-state index contributed by atoms with van der Waals surface area (Å²) in [6.45, 7) is 3.87. The third-order valence-electron chi connectivity index (χ3n) is 4.40. The maximum absolute atomic E-state index is 5.77. The number of ether oxygens (including phenoxy) is 1. The molecule has 0 amide bonds. The first kappa shape index (κ1) is 17.5. The molecule has 3 heteroatoms. The number of halogens is 2. The summed E-state index contributed by atoms with van der Waals surface area (Å²) in [4.78, 5) is 0. The molecular formula is C18H26Br2O. The number of hydrogen-bond donors (Lipinski definition) is 0. The first-order chi connectivity index (χ1) is 10.2. The zero-order chi connectivity index (χ0) is 15.1. The van der Waals surface area contributed by atoms with Crippen molar-refractivity contribution in [2.75, 3.05) is 6.61 Å². The molecule has 0 heterocycles. The maximum atomic E-state index is 5.77. The summed E-state index contributed by atoms with van der Waals surface area (Å²) in [7, 11) is 0. The number of alkyl halides is 2. The topological polar surface area (TPSA) is 9.23 Å². The normalized spacial score (nSPS) is 23.2. The van der Waals surface area contributed by atoms with Gasteiger partial charge < -0.3 is 4.74 Å². The van der Waals surface area contributed by atoms with Crippen molar-refractivity contribution in [3.63, 3.8) is 0 Å². The van der Waals surface area contributed by atoms with Crippen molar-refractivity contribution in [3.05, 3.63) is 35.9 Å². The van der Waals surface area contributed by atoms with E-state index in [-0.39, 0.29) is 3.23 Å². The first-order valence-electron chi connectivity index (χ1n) is 8.15. The van der Waals surface area contributed by atoms with Crippen LogP contribution in [0.3, 0.4) is 0 Å². The average molecular weight is 418 g/mol. The van der Waals surface area contributed by atoms with Gasteiger partial charge in [-0.05, 0) is 36.7 Å². The lowest BCUT2D eigenvalue weighted by Gasteiger charge is -2.04. The van der Waals surface area contributed by atoms with Crippen molar-refractivity contribution in [1.29, 1.82) is 0 Å². The van der Waals surface area contributed by atoms with Gasteiger partial charge in [0.15, 0.2) is 0 Å². The SMILES string of the molecule is CCCCCC1C(CCCOCc2ccccc2)C1(Br)Br. The molecule has 118 valence electrons. The summed E-state index contributed by atoms with van der Waals surface area (Å²) in [5, 5.41) is 0. The second-order valence-electron chi connectivity index (χ2n) is 6.06. The number of benzene rings is 1. The van der Waals surface area contributed by atoms with Crippen molar-refractivity contribution in [1.82, 2.24) is 0 Å². The van der Waals surface area contributed by atoms with Gasteiger partial charge in [-0.1, -0.05) is 88.4 Å². The van der Waals surface area contributed by atoms with Crippen molar-refractivity contribution in [2.45, 2.75) is 55.3 Å². The molecule has 1 aliphatic carbocycles. The summed E-state index contributed by atoms with van der Waals surface area (Å²) in [6, 6.07) is 10.4. The van der Waals surface area contributed by atoms with E-state index < -0.39 is 0 Å². The second kappa shape index (κ2) is 8.69. The molecule has 1 aromatic rings. The molecule has 21 heavy (non-hydrogen) atoms. The highest BCUT2D eigenvalue weighted by Gasteiger charge is 2.59. The molecule has 2 rings (SSSR count). The lowest BCUT2D eigenvalue weighted by molar-refractivity contribution is 0.116. The standard InChI is InChI=1S/C18H26Br2O/c1-2-3-5-11-16-17(18(16,19)20)12-8-13-21-14-15-9-6-4-7-10-15/h4,6-7,9-10,16-17H,2-3,5,8,11-14H2,1H3. The lowest BCUT2D eigenvalue weighted by atomic mass is 10.1. The highest BCUT2D eigenvalue weighted by atomic mass is 79.9. The molecule has 0 aliphatic heterocycles. The Kier molecular flexibility index (Phi) is 7.24. The van der Waals surface area contributed by atoms with Gasteiger partial charge in [0.2, 0.25) is 0 Å². The van der Waals surface area contributed by atoms with Crippen LogP contribution >= 0.6 is 31.9 Å². The van der Waals surface area contributed by atoms with Gasteiger partial charge in [-0.3, -0.25) is 0 Å². The van der Waals surface area contributed by atoms with Gasteiger partial charge in [0, 0.05) is 6.61 Å². The molecule has 1 nitrogen and oxygen atoms in total. The molecule has 2 atom stereocenters. The highest BCUT2D eigenvalue weighted by Crippen LogP contribution is 2.65. The molecule has 2 unspecified atom stereocenters. The van der Waals surface area contributed by atoms with Crippen LogP contribution in [-0.4, -0.2) is 9.84 Å². The van der Waals surface area contributed by atoms with Crippen LogP contribution in [0.15, 0.2) is 30.3 Å². The van der Waals surface area contributed by atoms with Crippen LogP contribution in [0.4, 0.5) is 0 Å². The molecule has 0 aromatic heterocycles. The Morgan fingerprint density at radius 3 is 2.33 bits per heavy atom. The molecular weight excluding hydrogens is 392 g/mol. The largest absolute Gasteiger partial charge is 0.377 e. The first-order valence-corrected chi connectivity index (χ1v) is 9.74. The van der Waals surface area contributed by atoms with Gasteiger partial charge >= 0.3 is 0 Å². The fraction of sp³-hybridized carbons (Fsp3) is 0.667. The predicted octanol–water partition coefficient (Wildman–Crippen LogP) is 6.30. The van der Waals surface area contributed by atoms with Crippen LogP contribution in [0.1, 0.15) is 51.0 Å². The van der Waals surface area contributed by atoms with E-state index in [9.17, 15) is 0 Å². The third kappa shape index (κ3) is 5.37. The van der Waals surface area contributed by atoms with Crippen molar-refractivity contribution in [3.8, 4) is 0 Å². The van der Waals surface area contributed by atoms with E-state index in [1.807, 2.05) is 6.07 Å². The van der Waals surface area contributed by atoms with Gasteiger partial charge in [0.1, 0.15) is 0 Å². The van der Waals surface area contributed by atoms with E-state index in [0.29, 0.717) is 0 Å². The van der Waals surface area contributed by atoms with Crippen molar-refractivity contribution >= 4 is 31.9 Å². The van der Waals surface area contributed by atoms with Gasteiger partial charge in [-0.15, -0.1) is 0 Å². The number of rotatable bonds is 10. The van der Waals surface area contributed by atoms with Crippen molar-refractivity contribution in [2.24, 2.45) is 11.8 Å². The third-order valence-corrected chi connectivity index (χ3v) is 6.75. The molecule has 0 spiro atoms. The Labute approximate surface area is 146 Å². The molecule has 1 aliphatic rings.